The molecular weight excluding hydrogens is 360 g/mol. The molecule has 0 bridgehead atoms. The highest BCUT2D eigenvalue weighted by atomic mass is 16.4. The summed E-state index contributed by atoms with van der Waals surface area (Å²) in [5.41, 5.74) is 12.4. The fourth-order valence-corrected chi connectivity index (χ4v) is 3.48. The van der Waals surface area contributed by atoms with E-state index >= 15 is 0 Å². The van der Waals surface area contributed by atoms with Gasteiger partial charge < -0.3 is 16.0 Å². The quantitative estimate of drug-likeness (QED) is 0.190. The maximum absolute atomic E-state index is 9.73. The third-order valence-electron chi connectivity index (χ3n) is 4.87. The van der Waals surface area contributed by atoms with Gasteiger partial charge in [-0.15, -0.1) is 0 Å². The summed E-state index contributed by atoms with van der Waals surface area (Å²) < 4.78 is 0. The minimum absolute atomic E-state index is 0.0432. The van der Waals surface area contributed by atoms with Crippen molar-refractivity contribution in [1.29, 1.82) is 0 Å². The highest BCUT2D eigenvalue weighted by Crippen LogP contribution is 2.39. The molecule has 0 heterocycles. The van der Waals surface area contributed by atoms with Gasteiger partial charge in [-0.2, -0.15) is 0 Å². The van der Waals surface area contributed by atoms with Gasteiger partial charge in [-0.3, -0.25) is 0 Å². The van der Waals surface area contributed by atoms with Crippen molar-refractivity contribution in [3.8, 4) is 39.1 Å². The zero-order valence-corrected chi connectivity index (χ0v) is 15.7. The monoisotopic (exact) mass is 380 g/mol. The van der Waals surface area contributed by atoms with E-state index in [0.717, 1.165) is 33.4 Å². The van der Waals surface area contributed by atoms with Gasteiger partial charge in [-0.1, -0.05) is 78.0 Å². The summed E-state index contributed by atoms with van der Waals surface area (Å²) in [6, 6.07) is 30.9. The summed E-state index contributed by atoms with van der Waals surface area (Å²) in [6.45, 7) is 0. The lowest BCUT2D eigenvalue weighted by atomic mass is 9.86. The van der Waals surface area contributed by atoms with Crippen molar-refractivity contribution < 1.29 is 10.3 Å². The van der Waals surface area contributed by atoms with Crippen molar-refractivity contribution in [1.82, 2.24) is 0 Å². The fraction of sp³-hybridized carbons (Fsp3) is 0. The number of phenolic OH excluding ortho intramolecular Hbond substituents is 1. The van der Waals surface area contributed by atoms with E-state index in [0.29, 0.717) is 5.56 Å². The highest BCUT2D eigenvalue weighted by Gasteiger charge is 2.18. The molecule has 0 fully saturated rings. The van der Waals surface area contributed by atoms with Crippen molar-refractivity contribution in [3.05, 3.63) is 103 Å². The first-order valence-corrected chi connectivity index (χ1v) is 9.23. The van der Waals surface area contributed by atoms with Crippen molar-refractivity contribution in [2.75, 3.05) is 0 Å². The number of oxime groups is 1. The first-order valence-electron chi connectivity index (χ1n) is 9.23. The van der Waals surface area contributed by atoms with Gasteiger partial charge in [0.25, 0.3) is 0 Å². The smallest absolute Gasteiger partial charge is 0.170 e. The lowest BCUT2D eigenvalue weighted by Crippen LogP contribution is -2.15. The number of nitrogens with zero attached hydrogens (tertiary/aromatic N) is 1. The molecule has 0 aliphatic rings. The van der Waals surface area contributed by atoms with E-state index in [1.165, 1.54) is 0 Å². The van der Waals surface area contributed by atoms with Crippen molar-refractivity contribution >= 4 is 5.84 Å². The number of phenols is 1. The maximum Gasteiger partial charge on any atom is 0.170 e. The Morgan fingerprint density at radius 1 is 0.655 bits per heavy atom. The van der Waals surface area contributed by atoms with Crippen LogP contribution < -0.4 is 5.73 Å². The van der Waals surface area contributed by atoms with Crippen LogP contribution in [0.2, 0.25) is 0 Å². The molecule has 4 N–H and O–H groups in total. The standard InChI is InChI=1S/C25H20N2O2/c26-25(27-29)23-16-20(17-7-3-1-4-8-17)15-22(18-11-13-21(28)14-12-18)24(23)19-9-5-2-6-10-19/h1-16,28-29H,(H2,26,27). The van der Waals surface area contributed by atoms with E-state index in [9.17, 15) is 10.3 Å². The Morgan fingerprint density at radius 2 is 1.24 bits per heavy atom. The van der Waals surface area contributed by atoms with Gasteiger partial charge in [0.1, 0.15) is 5.75 Å². The molecule has 4 nitrogen and oxygen atoms in total. The van der Waals surface area contributed by atoms with Gasteiger partial charge in [0.2, 0.25) is 0 Å². The van der Waals surface area contributed by atoms with Crippen molar-refractivity contribution in [3.63, 3.8) is 0 Å². The lowest BCUT2D eigenvalue weighted by Gasteiger charge is -2.18. The van der Waals surface area contributed by atoms with Crippen LogP contribution in [0, 0.1) is 0 Å². The highest BCUT2D eigenvalue weighted by molar-refractivity contribution is 6.08. The summed E-state index contributed by atoms with van der Waals surface area (Å²) in [4.78, 5) is 0. The van der Waals surface area contributed by atoms with Crippen LogP contribution in [0.25, 0.3) is 33.4 Å². The molecule has 142 valence electrons. The molecule has 4 heteroatoms. The molecule has 29 heavy (non-hydrogen) atoms. The Morgan fingerprint density at radius 3 is 1.83 bits per heavy atom. The van der Waals surface area contributed by atoms with Crippen molar-refractivity contribution in [2.24, 2.45) is 10.9 Å². The van der Waals surface area contributed by atoms with E-state index in [1.54, 1.807) is 12.1 Å². The first kappa shape index (κ1) is 18.3. The Balaban J connectivity index is 2.08. The molecule has 0 aliphatic heterocycles. The minimum atomic E-state index is 0.0432. The Kier molecular flexibility index (Phi) is 4.99. The van der Waals surface area contributed by atoms with Gasteiger partial charge in [-0.05, 0) is 52.1 Å². The second-order valence-corrected chi connectivity index (χ2v) is 6.71. The van der Waals surface area contributed by atoms with Crippen molar-refractivity contribution in [2.45, 2.75) is 0 Å². The molecule has 4 rings (SSSR count). The number of hydrogen-bond acceptors (Lipinski definition) is 3. The van der Waals surface area contributed by atoms with E-state index in [4.69, 9.17) is 5.73 Å². The molecule has 0 saturated heterocycles. The number of aromatic hydroxyl groups is 1. The summed E-state index contributed by atoms with van der Waals surface area (Å²) in [5, 5.41) is 22.5. The van der Waals surface area contributed by atoms with E-state index in [-0.39, 0.29) is 11.6 Å². The third-order valence-corrected chi connectivity index (χ3v) is 4.87. The molecule has 0 unspecified atom stereocenters. The maximum atomic E-state index is 9.73. The van der Waals surface area contributed by atoms with E-state index in [1.807, 2.05) is 78.9 Å². The summed E-state index contributed by atoms with van der Waals surface area (Å²) in [7, 11) is 0. The van der Waals surface area contributed by atoms with Crippen LogP contribution in [0.4, 0.5) is 0 Å². The molecule has 0 radical (unpaired) electrons. The van der Waals surface area contributed by atoms with Gasteiger partial charge >= 0.3 is 0 Å². The van der Waals surface area contributed by atoms with Gasteiger partial charge in [0.15, 0.2) is 5.84 Å². The van der Waals surface area contributed by atoms with E-state index < -0.39 is 0 Å². The number of hydrogen-bond donors (Lipinski definition) is 3. The van der Waals surface area contributed by atoms with Crippen LogP contribution in [0.1, 0.15) is 5.56 Å². The predicted molar refractivity (Wildman–Crippen MR) is 117 cm³/mol. The fourth-order valence-electron chi connectivity index (χ4n) is 3.48. The van der Waals surface area contributed by atoms with Crippen LogP contribution in [-0.4, -0.2) is 16.1 Å². The number of benzene rings is 4. The average molecular weight is 380 g/mol. The van der Waals surface area contributed by atoms with Crippen LogP contribution >= 0.6 is 0 Å². The molecule has 0 aliphatic carbocycles. The first-order chi connectivity index (χ1) is 14.2. The molecule has 4 aromatic rings. The SMILES string of the molecule is NC(=NO)c1cc(-c2ccccc2)cc(-c2ccc(O)cc2)c1-c1ccccc1. The Labute approximate surface area is 169 Å². The molecule has 0 spiro atoms. The largest absolute Gasteiger partial charge is 0.508 e. The van der Waals surface area contributed by atoms with Crippen LogP contribution in [-0.2, 0) is 0 Å². The zero-order chi connectivity index (χ0) is 20.2. The topological polar surface area (TPSA) is 78.8 Å². The van der Waals surface area contributed by atoms with Gasteiger partial charge in [0, 0.05) is 11.1 Å². The normalized spacial score (nSPS) is 11.4. The van der Waals surface area contributed by atoms with Crippen LogP contribution in [0.15, 0.2) is 102 Å². The predicted octanol–water partition coefficient (Wildman–Crippen LogP) is 5.49. The Hall–Kier alpha value is -4.05. The number of nitrogens with two attached hydrogens (primary N) is 1. The molecule has 4 aromatic carbocycles. The minimum Gasteiger partial charge on any atom is -0.508 e. The summed E-state index contributed by atoms with van der Waals surface area (Å²) >= 11 is 0. The molecule has 0 atom stereocenters. The van der Waals surface area contributed by atoms with Gasteiger partial charge in [0.05, 0.1) is 0 Å². The van der Waals surface area contributed by atoms with E-state index in [2.05, 4.69) is 11.2 Å². The second kappa shape index (κ2) is 7.90. The second-order valence-electron chi connectivity index (χ2n) is 6.71. The molecule has 0 aromatic heterocycles. The zero-order valence-electron chi connectivity index (χ0n) is 15.7. The Bertz CT molecular complexity index is 1150. The van der Waals surface area contributed by atoms with Crippen LogP contribution in [0.3, 0.4) is 0 Å². The summed E-state index contributed by atoms with van der Waals surface area (Å²) in [5.74, 6) is 0.243. The molecule has 0 amide bonds. The number of amidine groups is 1. The molecule has 0 saturated carbocycles. The summed E-state index contributed by atoms with van der Waals surface area (Å²) in [6.07, 6.45) is 0. The third kappa shape index (κ3) is 3.69. The lowest BCUT2D eigenvalue weighted by molar-refractivity contribution is 0.318. The number of rotatable bonds is 4. The van der Waals surface area contributed by atoms with Crippen LogP contribution in [0.5, 0.6) is 5.75 Å². The molecular formula is C25H20N2O2. The van der Waals surface area contributed by atoms with Gasteiger partial charge in [-0.25, -0.2) is 0 Å². The average Bonchev–Trinajstić information content (AvgIpc) is 2.79.